The summed E-state index contributed by atoms with van der Waals surface area (Å²) in [6, 6.07) is 0.730. The van der Waals surface area contributed by atoms with E-state index in [1.807, 2.05) is 0 Å². The molecule has 15 heavy (non-hydrogen) atoms. The van der Waals surface area contributed by atoms with Crippen molar-refractivity contribution in [2.45, 2.75) is 52.0 Å². The summed E-state index contributed by atoms with van der Waals surface area (Å²) in [6.45, 7) is 8.45. The maximum absolute atomic E-state index is 3.34. The number of nitrogens with zero attached hydrogens (tertiary/aromatic N) is 1. The van der Waals surface area contributed by atoms with E-state index >= 15 is 0 Å². The van der Waals surface area contributed by atoms with Crippen LogP contribution in [-0.4, -0.2) is 37.6 Å². The second-order valence-corrected chi connectivity index (χ2v) is 5.17. The van der Waals surface area contributed by atoms with Gasteiger partial charge in [0.25, 0.3) is 0 Å². The van der Waals surface area contributed by atoms with Gasteiger partial charge in [-0.3, -0.25) is 4.90 Å². The summed E-state index contributed by atoms with van der Waals surface area (Å²) in [5.74, 6) is 0.761. The van der Waals surface area contributed by atoms with E-state index in [4.69, 9.17) is 0 Å². The lowest BCUT2D eigenvalue weighted by Crippen LogP contribution is -2.46. The van der Waals surface area contributed by atoms with Gasteiger partial charge in [0.05, 0.1) is 0 Å². The van der Waals surface area contributed by atoms with E-state index in [1.54, 1.807) is 0 Å². The summed E-state index contributed by atoms with van der Waals surface area (Å²) in [5.41, 5.74) is 0. The highest BCUT2D eigenvalue weighted by Gasteiger charge is 2.21. The second kappa shape index (κ2) is 7.24. The maximum atomic E-state index is 3.34. The van der Waals surface area contributed by atoms with Crippen LogP contribution in [0.15, 0.2) is 0 Å². The summed E-state index contributed by atoms with van der Waals surface area (Å²) < 4.78 is 0. The van der Waals surface area contributed by atoms with Crippen molar-refractivity contribution in [3.05, 3.63) is 0 Å². The molecule has 0 aromatic carbocycles. The first-order valence-corrected chi connectivity index (χ1v) is 6.64. The van der Waals surface area contributed by atoms with Crippen LogP contribution in [0.4, 0.5) is 0 Å². The van der Waals surface area contributed by atoms with Gasteiger partial charge in [-0.2, -0.15) is 0 Å². The predicted molar refractivity (Wildman–Crippen MR) is 67.2 cm³/mol. The molecule has 0 aliphatic carbocycles. The third kappa shape index (κ3) is 4.52. The minimum absolute atomic E-state index is 0.730. The molecule has 2 heteroatoms. The molecular formula is C13H28N2. The molecule has 0 bridgehead atoms. The molecule has 1 aliphatic rings. The van der Waals surface area contributed by atoms with Gasteiger partial charge in [-0.05, 0) is 38.9 Å². The molecule has 0 radical (unpaired) electrons. The van der Waals surface area contributed by atoms with Crippen molar-refractivity contribution >= 4 is 0 Å². The first-order chi connectivity index (χ1) is 7.25. The number of likely N-dealkylation sites (tertiary alicyclic amines) is 1. The zero-order valence-corrected chi connectivity index (χ0v) is 10.8. The lowest BCUT2D eigenvalue weighted by molar-refractivity contribution is 0.141. The van der Waals surface area contributed by atoms with Crippen molar-refractivity contribution in [1.82, 2.24) is 10.2 Å². The Labute approximate surface area is 95.4 Å². The van der Waals surface area contributed by atoms with Crippen molar-refractivity contribution in [3.63, 3.8) is 0 Å². The molecule has 1 saturated heterocycles. The van der Waals surface area contributed by atoms with Gasteiger partial charge in [0.2, 0.25) is 0 Å². The normalized spacial score (nSPS) is 22.4. The molecule has 1 rings (SSSR count). The molecule has 1 unspecified atom stereocenters. The summed E-state index contributed by atoms with van der Waals surface area (Å²) >= 11 is 0. The van der Waals surface area contributed by atoms with Gasteiger partial charge in [-0.1, -0.05) is 33.1 Å². The first kappa shape index (κ1) is 13.0. The topological polar surface area (TPSA) is 15.3 Å². The quantitative estimate of drug-likeness (QED) is 0.770. The van der Waals surface area contributed by atoms with E-state index < -0.39 is 0 Å². The van der Waals surface area contributed by atoms with Gasteiger partial charge in [0.15, 0.2) is 0 Å². The van der Waals surface area contributed by atoms with Crippen molar-refractivity contribution < 1.29 is 0 Å². The number of nitrogens with one attached hydrogen (secondary N) is 1. The third-order valence-electron chi connectivity index (χ3n) is 3.54. The first-order valence-electron chi connectivity index (χ1n) is 6.64. The molecule has 0 saturated carbocycles. The summed E-state index contributed by atoms with van der Waals surface area (Å²) in [5, 5.41) is 3.34. The summed E-state index contributed by atoms with van der Waals surface area (Å²) in [4.78, 5) is 2.71. The fourth-order valence-corrected chi connectivity index (χ4v) is 2.60. The molecule has 0 aromatic heterocycles. The third-order valence-corrected chi connectivity index (χ3v) is 3.54. The van der Waals surface area contributed by atoms with Gasteiger partial charge < -0.3 is 5.32 Å². The Bertz CT molecular complexity index is 149. The summed E-state index contributed by atoms with van der Waals surface area (Å²) in [7, 11) is 2.07. The van der Waals surface area contributed by atoms with Crippen LogP contribution in [0.2, 0.25) is 0 Å². The number of likely N-dealkylation sites (N-methyl/N-ethyl adjacent to an activating group) is 1. The van der Waals surface area contributed by atoms with Gasteiger partial charge in [-0.15, -0.1) is 0 Å². The van der Waals surface area contributed by atoms with Gasteiger partial charge in [0, 0.05) is 12.6 Å². The zero-order chi connectivity index (χ0) is 11.1. The summed E-state index contributed by atoms with van der Waals surface area (Å²) in [6.07, 6.45) is 7.10. The average Bonchev–Trinajstić information content (AvgIpc) is 2.14. The molecule has 1 N–H and O–H groups in total. The van der Waals surface area contributed by atoms with Gasteiger partial charge >= 0.3 is 0 Å². The number of rotatable bonds is 4. The van der Waals surface area contributed by atoms with Crippen molar-refractivity contribution in [3.8, 4) is 0 Å². The van der Waals surface area contributed by atoms with E-state index in [1.165, 1.54) is 45.2 Å². The second-order valence-electron chi connectivity index (χ2n) is 5.17. The van der Waals surface area contributed by atoms with E-state index in [0.29, 0.717) is 0 Å². The minimum Gasteiger partial charge on any atom is -0.318 e. The standard InChI is InChI=1S/C13H28N2/c1-12(2)13(11-14-3)15-9-7-5-4-6-8-10-15/h12-14H,4-11H2,1-3H3. The minimum atomic E-state index is 0.730. The highest BCUT2D eigenvalue weighted by molar-refractivity contribution is 4.77. The Morgan fingerprint density at radius 2 is 1.53 bits per heavy atom. The monoisotopic (exact) mass is 212 g/mol. The van der Waals surface area contributed by atoms with Crippen LogP contribution in [-0.2, 0) is 0 Å². The van der Waals surface area contributed by atoms with Crippen LogP contribution < -0.4 is 5.32 Å². The highest BCUT2D eigenvalue weighted by atomic mass is 15.2. The SMILES string of the molecule is CNCC(C(C)C)N1CCCCCCC1. The molecule has 1 aliphatic heterocycles. The Hall–Kier alpha value is -0.0800. The van der Waals surface area contributed by atoms with E-state index in [9.17, 15) is 0 Å². The fraction of sp³-hybridized carbons (Fsp3) is 1.00. The van der Waals surface area contributed by atoms with Crippen molar-refractivity contribution in [2.24, 2.45) is 5.92 Å². The van der Waals surface area contributed by atoms with E-state index in [2.05, 4.69) is 31.1 Å². The van der Waals surface area contributed by atoms with Crippen LogP contribution in [0.1, 0.15) is 46.0 Å². The van der Waals surface area contributed by atoms with Gasteiger partial charge in [0.1, 0.15) is 0 Å². The number of hydrogen-bond donors (Lipinski definition) is 1. The zero-order valence-electron chi connectivity index (χ0n) is 10.8. The fourth-order valence-electron chi connectivity index (χ4n) is 2.60. The predicted octanol–water partition coefficient (Wildman–Crippen LogP) is 2.50. The molecule has 2 nitrogen and oxygen atoms in total. The van der Waals surface area contributed by atoms with E-state index in [0.717, 1.165) is 18.5 Å². The van der Waals surface area contributed by atoms with Crippen LogP contribution in [0.5, 0.6) is 0 Å². The lowest BCUT2D eigenvalue weighted by Gasteiger charge is -2.35. The molecular weight excluding hydrogens is 184 g/mol. The average molecular weight is 212 g/mol. The Kier molecular flexibility index (Phi) is 6.26. The molecule has 1 heterocycles. The van der Waals surface area contributed by atoms with Gasteiger partial charge in [-0.25, -0.2) is 0 Å². The molecule has 1 fully saturated rings. The van der Waals surface area contributed by atoms with Crippen molar-refractivity contribution in [1.29, 1.82) is 0 Å². The van der Waals surface area contributed by atoms with Crippen LogP contribution in [0, 0.1) is 5.92 Å². The van der Waals surface area contributed by atoms with Crippen LogP contribution in [0.25, 0.3) is 0 Å². The maximum Gasteiger partial charge on any atom is 0.0243 e. The largest absolute Gasteiger partial charge is 0.318 e. The Morgan fingerprint density at radius 3 is 2.00 bits per heavy atom. The highest BCUT2D eigenvalue weighted by Crippen LogP contribution is 2.16. The van der Waals surface area contributed by atoms with Crippen LogP contribution in [0.3, 0.4) is 0 Å². The molecule has 90 valence electrons. The van der Waals surface area contributed by atoms with Crippen LogP contribution >= 0.6 is 0 Å². The molecule has 0 amide bonds. The Morgan fingerprint density at radius 1 is 1.00 bits per heavy atom. The van der Waals surface area contributed by atoms with Crippen molar-refractivity contribution in [2.75, 3.05) is 26.7 Å². The Balaban J connectivity index is 2.46. The smallest absolute Gasteiger partial charge is 0.0243 e. The van der Waals surface area contributed by atoms with E-state index in [-0.39, 0.29) is 0 Å². The number of hydrogen-bond acceptors (Lipinski definition) is 2. The lowest BCUT2D eigenvalue weighted by atomic mass is 9.99. The molecule has 1 atom stereocenters. The molecule has 0 aromatic rings. The molecule has 0 spiro atoms.